The Hall–Kier alpha value is -4.05. The summed E-state index contributed by atoms with van der Waals surface area (Å²) in [6.07, 6.45) is 0.241. The van der Waals surface area contributed by atoms with Crippen LogP contribution >= 0.6 is 11.3 Å². The molecular weight excluding hydrogens is 567 g/mol. The summed E-state index contributed by atoms with van der Waals surface area (Å²) in [7, 11) is 1.92. The number of hydrogen-bond acceptors (Lipinski definition) is 9. The molecule has 6 rings (SSSR count). The van der Waals surface area contributed by atoms with Crippen LogP contribution in [0.3, 0.4) is 0 Å². The highest BCUT2D eigenvalue weighted by Gasteiger charge is 2.31. The Morgan fingerprint density at radius 1 is 1.19 bits per heavy atom. The molecule has 0 saturated carbocycles. The van der Waals surface area contributed by atoms with Gasteiger partial charge in [-0.1, -0.05) is 48.1 Å². The van der Waals surface area contributed by atoms with Gasteiger partial charge in [0.15, 0.2) is 5.13 Å². The maximum Gasteiger partial charge on any atom is 0.236 e. The summed E-state index contributed by atoms with van der Waals surface area (Å²) in [5.41, 5.74) is 6.49. The van der Waals surface area contributed by atoms with Crippen LogP contribution in [0.15, 0.2) is 36.4 Å². The van der Waals surface area contributed by atoms with E-state index in [1.807, 2.05) is 56.1 Å². The fourth-order valence-corrected chi connectivity index (χ4v) is 6.61. The molecule has 43 heavy (non-hydrogen) atoms. The topological polar surface area (TPSA) is 104 Å². The maximum absolute atomic E-state index is 14.4. The third-order valence-electron chi connectivity index (χ3n) is 8.28. The second-order valence-electron chi connectivity index (χ2n) is 11.2. The Bertz CT molecular complexity index is 1680. The normalized spacial score (nSPS) is 16.0. The number of thiazole rings is 1. The molecule has 224 valence electrons. The van der Waals surface area contributed by atoms with Gasteiger partial charge in [-0.25, -0.2) is 13.9 Å². The van der Waals surface area contributed by atoms with E-state index >= 15 is 0 Å². The van der Waals surface area contributed by atoms with Crippen LogP contribution in [-0.2, 0) is 17.9 Å². The third kappa shape index (κ3) is 5.56. The van der Waals surface area contributed by atoms with Crippen molar-refractivity contribution < 1.29 is 14.3 Å². The zero-order valence-corrected chi connectivity index (χ0v) is 25.4. The molecule has 5 heterocycles. The molecule has 1 N–H and O–H groups in total. The number of nitriles is 1. The first-order valence-electron chi connectivity index (χ1n) is 14.5. The van der Waals surface area contributed by atoms with Gasteiger partial charge in [0.05, 0.1) is 35.2 Å². The number of benzene rings is 1. The molecule has 1 aromatic carbocycles. The molecule has 2 saturated heterocycles. The quantitative estimate of drug-likeness (QED) is 0.325. The number of pyridine rings is 1. The van der Waals surface area contributed by atoms with Gasteiger partial charge in [-0.15, -0.1) is 0 Å². The first-order valence-corrected chi connectivity index (χ1v) is 15.4. The fourth-order valence-electron chi connectivity index (χ4n) is 5.76. The van der Waals surface area contributed by atoms with E-state index in [0.29, 0.717) is 73.6 Å². The molecule has 0 bridgehead atoms. The number of alkyl halides is 1. The highest BCUT2D eigenvalue weighted by molar-refractivity contribution is 7.16. The van der Waals surface area contributed by atoms with Crippen LogP contribution < -0.4 is 9.80 Å². The lowest BCUT2D eigenvalue weighted by Crippen LogP contribution is -2.57. The number of piperazine rings is 1. The number of amides is 1. The molecule has 12 heteroatoms. The summed E-state index contributed by atoms with van der Waals surface area (Å²) in [4.78, 5) is 25.9. The SMILES string of the molecule is CCc1nn2c(CF)cc(N3CCN(CC(=O)N4CC(O)C4)CC3)cc2c1N(C)c1nc(-c2ccc(C)cc2)c(C#N)s1. The largest absolute Gasteiger partial charge is 0.389 e. The minimum atomic E-state index is -0.665. The van der Waals surface area contributed by atoms with Crippen LogP contribution in [0, 0.1) is 18.3 Å². The van der Waals surface area contributed by atoms with Crippen molar-refractivity contribution in [2.75, 3.05) is 62.7 Å². The number of nitrogens with zero attached hydrogens (tertiary/aromatic N) is 8. The Morgan fingerprint density at radius 3 is 2.53 bits per heavy atom. The van der Waals surface area contributed by atoms with Gasteiger partial charge in [-0.3, -0.25) is 9.69 Å². The molecule has 4 aromatic rings. The number of hydrogen-bond donors (Lipinski definition) is 1. The van der Waals surface area contributed by atoms with Gasteiger partial charge in [0.2, 0.25) is 5.91 Å². The number of aliphatic hydroxyl groups is 1. The number of rotatable bonds is 8. The van der Waals surface area contributed by atoms with Crippen molar-refractivity contribution in [3.05, 3.63) is 58.2 Å². The van der Waals surface area contributed by atoms with E-state index in [1.54, 1.807) is 9.42 Å². The zero-order valence-electron chi connectivity index (χ0n) is 24.6. The summed E-state index contributed by atoms with van der Waals surface area (Å²) in [5.74, 6) is 0.0474. The number of anilines is 3. The second-order valence-corrected chi connectivity index (χ2v) is 12.2. The summed E-state index contributed by atoms with van der Waals surface area (Å²) >= 11 is 1.33. The molecule has 0 spiro atoms. The van der Waals surface area contributed by atoms with Crippen molar-refractivity contribution >= 4 is 39.3 Å². The van der Waals surface area contributed by atoms with E-state index in [0.717, 1.165) is 33.7 Å². The molecule has 2 fully saturated rings. The van der Waals surface area contributed by atoms with Crippen molar-refractivity contribution in [1.82, 2.24) is 24.4 Å². The van der Waals surface area contributed by atoms with Gasteiger partial charge in [0, 0.05) is 57.6 Å². The van der Waals surface area contributed by atoms with E-state index in [2.05, 4.69) is 21.9 Å². The summed E-state index contributed by atoms with van der Waals surface area (Å²) in [6.45, 7) is 7.39. The average molecular weight is 603 g/mol. The number of carbonyl (C=O) groups excluding carboxylic acids is 1. The molecular formula is C31H35FN8O2S. The third-order valence-corrected chi connectivity index (χ3v) is 9.32. The Kier molecular flexibility index (Phi) is 8.05. The van der Waals surface area contributed by atoms with Gasteiger partial charge >= 0.3 is 0 Å². The van der Waals surface area contributed by atoms with E-state index < -0.39 is 12.8 Å². The van der Waals surface area contributed by atoms with Crippen molar-refractivity contribution in [2.24, 2.45) is 0 Å². The first kappa shape index (κ1) is 29.0. The number of aryl methyl sites for hydroxylation is 2. The Morgan fingerprint density at radius 2 is 1.91 bits per heavy atom. The molecule has 2 aliphatic heterocycles. The van der Waals surface area contributed by atoms with Crippen LogP contribution in [-0.4, -0.2) is 94.4 Å². The van der Waals surface area contributed by atoms with E-state index in [-0.39, 0.29) is 5.91 Å². The summed E-state index contributed by atoms with van der Waals surface area (Å²) in [6, 6.07) is 14.2. The van der Waals surface area contributed by atoms with Gasteiger partial charge in [-0.05, 0) is 25.5 Å². The minimum Gasteiger partial charge on any atom is -0.389 e. The summed E-state index contributed by atoms with van der Waals surface area (Å²) in [5, 5.41) is 24.9. The van der Waals surface area contributed by atoms with Crippen molar-refractivity contribution in [3.8, 4) is 17.3 Å². The number of likely N-dealkylation sites (tertiary alicyclic amines) is 1. The number of aliphatic hydroxyl groups excluding tert-OH is 1. The van der Waals surface area contributed by atoms with Crippen molar-refractivity contribution in [3.63, 3.8) is 0 Å². The highest BCUT2D eigenvalue weighted by atomic mass is 32.1. The number of fused-ring (bicyclic) bond motifs is 1. The number of halogens is 1. The molecule has 10 nitrogen and oxygen atoms in total. The highest BCUT2D eigenvalue weighted by Crippen LogP contribution is 2.39. The number of carbonyl (C=O) groups is 1. The smallest absolute Gasteiger partial charge is 0.236 e. The Labute approximate surface area is 254 Å². The van der Waals surface area contributed by atoms with Crippen LogP contribution in [0.2, 0.25) is 0 Å². The fraction of sp³-hybridized carbons (Fsp3) is 0.419. The monoisotopic (exact) mass is 602 g/mol. The van der Waals surface area contributed by atoms with Crippen LogP contribution in [0.25, 0.3) is 16.8 Å². The molecule has 0 radical (unpaired) electrons. The van der Waals surface area contributed by atoms with Gasteiger partial charge < -0.3 is 19.8 Å². The van der Waals surface area contributed by atoms with Crippen molar-refractivity contribution in [2.45, 2.75) is 33.0 Å². The molecule has 1 amide bonds. The maximum atomic E-state index is 14.4. The molecule has 0 aliphatic carbocycles. The summed E-state index contributed by atoms with van der Waals surface area (Å²) < 4.78 is 16.1. The predicted molar refractivity (Wildman–Crippen MR) is 166 cm³/mol. The van der Waals surface area contributed by atoms with Crippen LogP contribution in [0.4, 0.5) is 20.9 Å². The van der Waals surface area contributed by atoms with Crippen LogP contribution in [0.1, 0.15) is 28.8 Å². The zero-order chi connectivity index (χ0) is 30.2. The molecule has 3 aromatic heterocycles. The number of aromatic nitrogens is 3. The average Bonchev–Trinajstić information content (AvgIpc) is 3.61. The van der Waals surface area contributed by atoms with Crippen LogP contribution in [0.5, 0.6) is 0 Å². The van der Waals surface area contributed by atoms with E-state index in [9.17, 15) is 19.6 Å². The van der Waals surface area contributed by atoms with E-state index in [1.165, 1.54) is 11.3 Å². The lowest BCUT2D eigenvalue weighted by Gasteiger charge is -2.39. The molecule has 0 atom stereocenters. The van der Waals surface area contributed by atoms with E-state index in [4.69, 9.17) is 10.1 Å². The minimum absolute atomic E-state index is 0.0474. The second kappa shape index (κ2) is 11.9. The van der Waals surface area contributed by atoms with Gasteiger partial charge in [-0.2, -0.15) is 10.4 Å². The predicted octanol–water partition coefficient (Wildman–Crippen LogP) is 3.76. The lowest BCUT2D eigenvalue weighted by atomic mass is 10.1. The molecule has 0 unspecified atom stereocenters. The van der Waals surface area contributed by atoms with Gasteiger partial charge in [0.25, 0.3) is 0 Å². The van der Waals surface area contributed by atoms with Crippen molar-refractivity contribution in [1.29, 1.82) is 5.26 Å². The standard InChI is InChI=1S/C31H35FN8O2S/c1-4-25-30(36(3)31-34-29(27(16-33)43-31)21-7-5-20(2)6-8-21)26-14-22(13-23(15-32)40(26)35-25)38-11-9-37(10-12-38)19-28(42)39-17-24(41)18-39/h5-8,13-14,24,41H,4,9-12,15,17-19H2,1-3H3. The molecule has 2 aliphatic rings. The Balaban J connectivity index is 1.29. The van der Waals surface area contributed by atoms with Gasteiger partial charge in [0.1, 0.15) is 23.3 Å². The first-order chi connectivity index (χ1) is 20.8. The lowest BCUT2D eigenvalue weighted by molar-refractivity contribution is -0.142. The number of β-amino-alcohol motifs (C(OH)–C–C–N with tert-alkyl or cyclic N) is 1.